The molecule has 2 saturated carbocycles. The highest BCUT2D eigenvalue weighted by Crippen LogP contribution is 2.68. The van der Waals surface area contributed by atoms with Gasteiger partial charge in [0.15, 0.2) is 0 Å². The van der Waals surface area contributed by atoms with Crippen LogP contribution in [0.5, 0.6) is 0 Å². The van der Waals surface area contributed by atoms with Gasteiger partial charge in [0, 0.05) is 11.8 Å². The lowest BCUT2D eigenvalue weighted by atomic mass is 9.62. The topological polar surface area (TPSA) is 49.7 Å². The van der Waals surface area contributed by atoms with E-state index in [0.717, 1.165) is 0 Å². The van der Waals surface area contributed by atoms with Crippen molar-refractivity contribution in [2.45, 2.75) is 81.2 Å². The average Bonchev–Trinajstić information content (AvgIpc) is 3.13. The number of halogens is 12. The van der Waals surface area contributed by atoms with Gasteiger partial charge in [0.25, 0.3) is 11.2 Å². The molecule has 0 radical (unpaired) electrons. The van der Waals surface area contributed by atoms with Crippen LogP contribution in [0.4, 0.5) is 52.7 Å². The molecule has 3 nitrogen and oxygen atoms in total. The summed E-state index contributed by atoms with van der Waals surface area (Å²) in [6.07, 6.45) is -30.6. The molecule has 0 aromatic carbocycles. The maximum atomic E-state index is 13.5. The van der Waals surface area contributed by atoms with Crippen LogP contribution >= 0.6 is 0 Å². The monoisotopic (exact) mass is 500 g/mol. The molecule has 0 saturated heterocycles. The minimum absolute atomic E-state index is 0.194. The summed E-state index contributed by atoms with van der Waals surface area (Å²) in [5.74, 6) is -11.6. The van der Waals surface area contributed by atoms with Gasteiger partial charge in [-0.15, -0.1) is 0 Å². The number of rotatable bonds is 5. The SMILES string of the molecule is CCC(C)OC1CC2CC1C(C(O)(C(F)(F)F)C(F)(F)F)C2C(O)(C(F)(F)F)C(F)(F)F. The molecule has 0 amide bonds. The molecule has 2 bridgehead atoms. The highest BCUT2D eigenvalue weighted by atomic mass is 19.4. The molecule has 6 atom stereocenters. The molecule has 15 heteroatoms. The Morgan fingerprint density at radius 1 is 0.719 bits per heavy atom. The van der Waals surface area contributed by atoms with Crippen molar-refractivity contribution >= 4 is 0 Å². The largest absolute Gasteiger partial charge is 0.426 e. The van der Waals surface area contributed by atoms with Gasteiger partial charge < -0.3 is 14.9 Å². The van der Waals surface area contributed by atoms with Crippen LogP contribution in [0.25, 0.3) is 0 Å². The minimum Gasteiger partial charge on any atom is -0.375 e. The van der Waals surface area contributed by atoms with Gasteiger partial charge >= 0.3 is 24.7 Å². The van der Waals surface area contributed by atoms with Crippen LogP contribution < -0.4 is 0 Å². The molecule has 6 unspecified atom stereocenters. The Balaban J connectivity index is 2.78. The van der Waals surface area contributed by atoms with Crippen LogP contribution in [-0.2, 0) is 4.74 Å². The third-order valence-electron chi connectivity index (χ3n) is 6.62. The zero-order valence-corrected chi connectivity index (χ0v) is 16.4. The summed E-state index contributed by atoms with van der Waals surface area (Å²) in [6, 6.07) is 0. The molecule has 2 aliphatic rings. The van der Waals surface area contributed by atoms with E-state index in [1.807, 2.05) is 0 Å². The second-order valence-corrected chi connectivity index (χ2v) is 8.36. The van der Waals surface area contributed by atoms with Crippen LogP contribution in [0.2, 0.25) is 0 Å². The van der Waals surface area contributed by atoms with Crippen molar-refractivity contribution in [3.63, 3.8) is 0 Å². The Hall–Kier alpha value is -0.960. The van der Waals surface area contributed by atoms with Gasteiger partial charge in [0.1, 0.15) is 0 Å². The number of alkyl halides is 12. The van der Waals surface area contributed by atoms with Crippen molar-refractivity contribution in [2.24, 2.45) is 23.7 Å². The van der Waals surface area contributed by atoms with E-state index >= 15 is 0 Å². The Morgan fingerprint density at radius 3 is 1.44 bits per heavy atom. The molecule has 2 rings (SSSR count). The Labute approximate surface area is 173 Å². The zero-order chi connectivity index (χ0) is 25.3. The summed E-state index contributed by atoms with van der Waals surface area (Å²) >= 11 is 0. The van der Waals surface area contributed by atoms with E-state index in [1.54, 1.807) is 0 Å². The number of ether oxygens (including phenoxy) is 1. The van der Waals surface area contributed by atoms with Crippen LogP contribution in [0.3, 0.4) is 0 Å². The first kappa shape index (κ1) is 27.3. The van der Waals surface area contributed by atoms with E-state index in [1.165, 1.54) is 13.8 Å². The normalized spacial score (nSPS) is 31.3. The standard InChI is InChI=1S/C17H20F12O3/c1-3-6(2)32-9-5-7-4-8(9)11(13(31,16(24,25)26)17(27,28)29)10(7)12(30,14(18,19)20)15(21,22)23/h6-11,30-31H,3-5H2,1-2H3. The average molecular weight is 500 g/mol. The first-order valence-corrected chi connectivity index (χ1v) is 9.42. The number of aliphatic hydroxyl groups is 2. The van der Waals surface area contributed by atoms with Crippen LogP contribution in [0, 0.1) is 23.7 Å². The second-order valence-electron chi connectivity index (χ2n) is 8.36. The molecule has 0 aromatic heterocycles. The highest BCUT2D eigenvalue weighted by molar-refractivity contribution is 5.19. The fraction of sp³-hybridized carbons (Fsp3) is 1.00. The van der Waals surface area contributed by atoms with Crippen molar-refractivity contribution < 1.29 is 67.6 Å². The first-order valence-electron chi connectivity index (χ1n) is 9.42. The molecule has 0 heterocycles. The Morgan fingerprint density at radius 2 is 1.09 bits per heavy atom. The third kappa shape index (κ3) is 3.85. The third-order valence-corrected chi connectivity index (χ3v) is 6.62. The maximum absolute atomic E-state index is 13.5. The Kier molecular flexibility index (Phi) is 6.64. The van der Waals surface area contributed by atoms with Crippen molar-refractivity contribution in [1.29, 1.82) is 0 Å². The van der Waals surface area contributed by atoms with Gasteiger partial charge in [-0.05, 0) is 38.0 Å². The maximum Gasteiger partial charge on any atom is 0.426 e. The summed E-state index contributed by atoms with van der Waals surface area (Å²) in [5.41, 5.74) is -11.9. The predicted molar refractivity (Wildman–Crippen MR) is 81.9 cm³/mol. The molecular formula is C17H20F12O3. The number of hydrogen-bond donors (Lipinski definition) is 2. The minimum atomic E-state index is -6.70. The highest BCUT2D eigenvalue weighted by Gasteiger charge is 2.86. The van der Waals surface area contributed by atoms with E-state index in [2.05, 4.69) is 0 Å². The van der Waals surface area contributed by atoms with Gasteiger partial charge in [-0.3, -0.25) is 0 Å². The fourth-order valence-corrected chi connectivity index (χ4v) is 5.10. The fourth-order valence-electron chi connectivity index (χ4n) is 5.10. The summed E-state index contributed by atoms with van der Waals surface area (Å²) in [5, 5.41) is 19.6. The number of hydrogen-bond acceptors (Lipinski definition) is 3. The number of fused-ring (bicyclic) bond motifs is 2. The van der Waals surface area contributed by atoms with E-state index in [-0.39, 0.29) is 6.42 Å². The Bertz CT molecular complexity index is 652. The van der Waals surface area contributed by atoms with E-state index in [4.69, 9.17) is 4.74 Å². The molecule has 0 aromatic rings. The quantitative estimate of drug-likeness (QED) is 0.514. The molecule has 2 aliphatic carbocycles. The van der Waals surface area contributed by atoms with Gasteiger partial charge in [-0.2, -0.15) is 52.7 Å². The molecule has 0 aliphatic heterocycles. The lowest BCUT2D eigenvalue weighted by Crippen LogP contribution is -2.72. The lowest BCUT2D eigenvalue weighted by molar-refractivity contribution is -0.428. The summed E-state index contributed by atoms with van der Waals surface area (Å²) in [7, 11) is 0. The van der Waals surface area contributed by atoms with Crippen molar-refractivity contribution in [3.8, 4) is 0 Å². The van der Waals surface area contributed by atoms with Gasteiger partial charge in [-0.1, -0.05) is 6.92 Å². The van der Waals surface area contributed by atoms with Crippen molar-refractivity contribution in [2.75, 3.05) is 0 Å². The van der Waals surface area contributed by atoms with Crippen LogP contribution in [0.1, 0.15) is 33.1 Å². The van der Waals surface area contributed by atoms with Crippen molar-refractivity contribution in [1.82, 2.24) is 0 Å². The van der Waals surface area contributed by atoms with Crippen LogP contribution in [-0.4, -0.2) is 58.3 Å². The lowest BCUT2D eigenvalue weighted by Gasteiger charge is -2.51. The summed E-state index contributed by atoms with van der Waals surface area (Å²) in [6.45, 7) is 2.88. The van der Waals surface area contributed by atoms with E-state index in [0.29, 0.717) is 0 Å². The van der Waals surface area contributed by atoms with Gasteiger partial charge in [0.2, 0.25) is 0 Å². The summed E-state index contributed by atoms with van der Waals surface area (Å²) < 4.78 is 167. The molecule has 0 spiro atoms. The first-order chi connectivity index (χ1) is 14.1. The van der Waals surface area contributed by atoms with Gasteiger partial charge in [-0.25, -0.2) is 0 Å². The van der Waals surface area contributed by atoms with Gasteiger partial charge in [0.05, 0.1) is 12.2 Å². The van der Waals surface area contributed by atoms with E-state index in [9.17, 15) is 62.9 Å². The van der Waals surface area contributed by atoms with Crippen LogP contribution in [0.15, 0.2) is 0 Å². The second kappa shape index (κ2) is 7.79. The van der Waals surface area contributed by atoms with E-state index < -0.39 is 84.6 Å². The molecule has 190 valence electrons. The molecule has 2 N–H and O–H groups in total. The zero-order valence-electron chi connectivity index (χ0n) is 16.4. The molecule has 2 fully saturated rings. The molecular weight excluding hydrogens is 480 g/mol. The predicted octanol–water partition coefficient (Wildman–Crippen LogP) is 5.15. The smallest absolute Gasteiger partial charge is 0.375 e. The molecule has 32 heavy (non-hydrogen) atoms. The van der Waals surface area contributed by atoms with Crippen molar-refractivity contribution in [3.05, 3.63) is 0 Å². The summed E-state index contributed by atoms with van der Waals surface area (Å²) in [4.78, 5) is 0.